The Morgan fingerprint density at radius 2 is 1.81 bits per heavy atom. The highest BCUT2D eigenvalue weighted by Crippen LogP contribution is 2.22. The first-order valence-corrected chi connectivity index (χ1v) is 8.13. The number of aryl methyl sites for hydroxylation is 1. The number of β-amino-alcohol motifs (C(OH)–C–C–N with tert-alkyl or cyclic N) is 1. The minimum absolute atomic E-state index is 0.404. The molecule has 1 aromatic rings. The topological polar surface area (TPSA) is 32.7 Å². The van der Waals surface area contributed by atoms with E-state index in [4.69, 9.17) is 4.74 Å². The van der Waals surface area contributed by atoms with Gasteiger partial charge in [0, 0.05) is 18.6 Å². The Morgan fingerprint density at radius 1 is 1.19 bits per heavy atom. The summed E-state index contributed by atoms with van der Waals surface area (Å²) in [4.78, 5) is 2.42. The molecule has 1 aliphatic heterocycles. The van der Waals surface area contributed by atoms with Gasteiger partial charge in [-0.3, -0.25) is 4.90 Å². The van der Waals surface area contributed by atoms with Crippen molar-refractivity contribution in [1.82, 2.24) is 4.90 Å². The maximum absolute atomic E-state index is 10.2. The quantitative estimate of drug-likeness (QED) is 0.874. The maximum Gasteiger partial charge on any atom is 0.0900 e. The van der Waals surface area contributed by atoms with E-state index < -0.39 is 6.10 Å². The second-order valence-corrected chi connectivity index (χ2v) is 6.48. The van der Waals surface area contributed by atoms with Gasteiger partial charge in [-0.15, -0.1) is 0 Å². The van der Waals surface area contributed by atoms with Gasteiger partial charge in [0.1, 0.15) is 0 Å². The molecule has 0 aliphatic carbocycles. The summed E-state index contributed by atoms with van der Waals surface area (Å²) in [7, 11) is 0. The summed E-state index contributed by atoms with van der Waals surface area (Å²) >= 11 is 0. The molecule has 1 heterocycles. The molecule has 118 valence electrons. The van der Waals surface area contributed by atoms with Crippen molar-refractivity contribution < 1.29 is 9.84 Å². The molecule has 3 nitrogen and oxygen atoms in total. The fourth-order valence-corrected chi connectivity index (χ4v) is 3.13. The van der Waals surface area contributed by atoms with Gasteiger partial charge < -0.3 is 9.84 Å². The number of piperidine rings is 1. The highest BCUT2D eigenvalue weighted by molar-refractivity contribution is 5.20. The van der Waals surface area contributed by atoms with Crippen molar-refractivity contribution in [3.8, 4) is 0 Å². The summed E-state index contributed by atoms with van der Waals surface area (Å²) in [6.07, 6.45) is 3.37. The first-order chi connectivity index (χ1) is 10.1. The number of likely N-dealkylation sites (tertiary alicyclic amines) is 1. The van der Waals surface area contributed by atoms with Crippen molar-refractivity contribution in [2.24, 2.45) is 0 Å². The molecule has 0 saturated carbocycles. The summed E-state index contributed by atoms with van der Waals surface area (Å²) in [6, 6.07) is 9.48. The summed E-state index contributed by atoms with van der Waals surface area (Å²) in [5, 5.41) is 10.2. The minimum atomic E-state index is -0.404. The van der Waals surface area contributed by atoms with Crippen LogP contribution in [0.3, 0.4) is 0 Å². The highest BCUT2D eigenvalue weighted by atomic mass is 16.5. The number of ether oxygens (including phenoxy) is 1. The molecule has 1 aromatic carbocycles. The van der Waals surface area contributed by atoms with E-state index in [-0.39, 0.29) is 0 Å². The third kappa shape index (κ3) is 5.10. The van der Waals surface area contributed by atoms with Gasteiger partial charge in [-0.2, -0.15) is 0 Å². The van der Waals surface area contributed by atoms with Crippen molar-refractivity contribution in [2.45, 2.75) is 64.8 Å². The molecule has 0 aromatic heterocycles. The van der Waals surface area contributed by atoms with Gasteiger partial charge >= 0.3 is 0 Å². The second-order valence-electron chi connectivity index (χ2n) is 6.48. The molecule has 0 spiro atoms. The predicted molar refractivity (Wildman–Crippen MR) is 86.3 cm³/mol. The molecule has 0 radical (unpaired) electrons. The van der Waals surface area contributed by atoms with Gasteiger partial charge in [0.05, 0.1) is 19.3 Å². The van der Waals surface area contributed by atoms with Crippen LogP contribution in [0.25, 0.3) is 0 Å². The SMILES string of the molecule is Cc1ccc(COC[C@H](O)CN2[C@H](C)CCC[C@H]2C)cc1. The molecular weight excluding hydrogens is 262 g/mol. The number of aliphatic hydroxyl groups is 1. The normalized spacial score (nSPS) is 25.0. The van der Waals surface area contributed by atoms with Crippen LogP contribution in [0.5, 0.6) is 0 Å². The third-order valence-electron chi connectivity index (χ3n) is 4.50. The second kappa shape index (κ2) is 7.92. The molecule has 1 fully saturated rings. The van der Waals surface area contributed by atoms with E-state index in [1.54, 1.807) is 0 Å². The Morgan fingerprint density at radius 3 is 2.43 bits per heavy atom. The predicted octanol–water partition coefficient (Wildman–Crippen LogP) is 3.14. The summed E-state index contributed by atoms with van der Waals surface area (Å²) in [5.74, 6) is 0. The van der Waals surface area contributed by atoms with Crippen LogP contribution in [-0.2, 0) is 11.3 Å². The van der Waals surface area contributed by atoms with E-state index in [9.17, 15) is 5.11 Å². The van der Waals surface area contributed by atoms with Gasteiger partial charge in [-0.25, -0.2) is 0 Å². The smallest absolute Gasteiger partial charge is 0.0900 e. The van der Waals surface area contributed by atoms with Crippen LogP contribution in [0.4, 0.5) is 0 Å². The van der Waals surface area contributed by atoms with Crippen LogP contribution >= 0.6 is 0 Å². The van der Waals surface area contributed by atoms with E-state index in [1.165, 1.54) is 24.8 Å². The molecular formula is C18H29NO2. The molecule has 2 rings (SSSR count). The van der Waals surface area contributed by atoms with Crippen LogP contribution in [0, 0.1) is 6.92 Å². The summed E-state index contributed by atoms with van der Waals surface area (Å²) < 4.78 is 5.66. The van der Waals surface area contributed by atoms with Crippen LogP contribution in [0.1, 0.15) is 44.2 Å². The van der Waals surface area contributed by atoms with Crippen LogP contribution in [-0.4, -0.2) is 41.3 Å². The zero-order valence-electron chi connectivity index (χ0n) is 13.6. The Bertz CT molecular complexity index is 408. The largest absolute Gasteiger partial charge is 0.389 e. The maximum atomic E-state index is 10.2. The average Bonchev–Trinajstić information content (AvgIpc) is 2.45. The molecule has 1 N–H and O–H groups in total. The van der Waals surface area contributed by atoms with Gasteiger partial charge in [-0.05, 0) is 39.2 Å². The monoisotopic (exact) mass is 291 g/mol. The van der Waals surface area contributed by atoms with Crippen LogP contribution in [0.2, 0.25) is 0 Å². The Kier molecular flexibility index (Phi) is 6.22. The van der Waals surface area contributed by atoms with Crippen molar-refractivity contribution in [1.29, 1.82) is 0 Å². The first-order valence-electron chi connectivity index (χ1n) is 8.13. The van der Waals surface area contributed by atoms with E-state index in [1.807, 2.05) is 0 Å². The lowest BCUT2D eigenvalue weighted by atomic mass is 9.97. The van der Waals surface area contributed by atoms with Gasteiger partial charge in [-0.1, -0.05) is 36.2 Å². The summed E-state index contributed by atoms with van der Waals surface area (Å²) in [5.41, 5.74) is 2.42. The third-order valence-corrected chi connectivity index (χ3v) is 4.50. The Labute approximate surface area is 128 Å². The fraction of sp³-hybridized carbons (Fsp3) is 0.667. The number of rotatable bonds is 6. The average molecular weight is 291 g/mol. The molecule has 0 unspecified atom stereocenters. The van der Waals surface area contributed by atoms with Gasteiger partial charge in [0.25, 0.3) is 0 Å². The van der Waals surface area contributed by atoms with Crippen molar-refractivity contribution in [3.63, 3.8) is 0 Å². The molecule has 1 saturated heterocycles. The number of aliphatic hydroxyl groups excluding tert-OH is 1. The zero-order chi connectivity index (χ0) is 15.2. The summed E-state index contributed by atoms with van der Waals surface area (Å²) in [6.45, 7) is 8.29. The lowest BCUT2D eigenvalue weighted by Gasteiger charge is -2.40. The van der Waals surface area contributed by atoms with Gasteiger partial charge in [0.2, 0.25) is 0 Å². The number of hydrogen-bond acceptors (Lipinski definition) is 3. The molecule has 1 aliphatic rings. The zero-order valence-corrected chi connectivity index (χ0v) is 13.6. The first kappa shape index (κ1) is 16.5. The molecule has 3 atom stereocenters. The fourth-order valence-electron chi connectivity index (χ4n) is 3.13. The lowest BCUT2D eigenvalue weighted by molar-refractivity contribution is -0.0135. The highest BCUT2D eigenvalue weighted by Gasteiger charge is 2.26. The molecule has 0 amide bonds. The van der Waals surface area contributed by atoms with Gasteiger partial charge in [0.15, 0.2) is 0 Å². The Hall–Kier alpha value is -0.900. The van der Waals surface area contributed by atoms with E-state index >= 15 is 0 Å². The Balaban J connectivity index is 1.71. The van der Waals surface area contributed by atoms with E-state index in [0.29, 0.717) is 25.3 Å². The number of hydrogen-bond donors (Lipinski definition) is 1. The molecule has 3 heteroatoms. The minimum Gasteiger partial charge on any atom is -0.389 e. The van der Waals surface area contributed by atoms with E-state index in [2.05, 4.69) is 49.9 Å². The van der Waals surface area contributed by atoms with Crippen molar-refractivity contribution in [3.05, 3.63) is 35.4 Å². The number of nitrogens with zero attached hydrogens (tertiary/aromatic N) is 1. The van der Waals surface area contributed by atoms with Crippen molar-refractivity contribution >= 4 is 0 Å². The van der Waals surface area contributed by atoms with E-state index in [0.717, 1.165) is 12.1 Å². The lowest BCUT2D eigenvalue weighted by Crippen LogP contribution is -2.48. The van der Waals surface area contributed by atoms with Crippen LogP contribution in [0.15, 0.2) is 24.3 Å². The van der Waals surface area contributed by atoms with Crippen LogP contribution < -0.4 is 0 Å². The molecule has 0 bridgehead atoms. The molecule has 21 heavy (non-hydrogen) atoms. The van der Waals surface area contributed by atoms with Crippen molar-refractivity contribution in [2.75, 3.05) is 13.2 Å². The standard InChI is InChI=1S/C18H29NO2/c1-14-7-9-17(10-8-14)12-21-13-18(20)11-19-15(2)5-4-6-16(19)3/h7-10,15-16,18,20H,4-6,11-13H2,1-3H3/t15-,16-,18-/m1/s1. The number of benzene rings is 1.